The van der Waals surface area contributed by atoms with Crippen molar-refractivity contribution in [2.24, 2.45) is 0 Å². The van der Waals surface area contributed by atoms with Crippen molar-refractivity contribution in [1.29, 1.82) is 0 Å². The van der Waals surface area contributed by atoms with Crippen molar-refractivity contribution < 1.29 is 4.42 Å². The van der Waals surface area contributed by atoms with Crippen molar-refractivity contribution in [2.75, 3.05) is 4.90 Å². The molecule has 9 aromatic carbocycles. The van der Waals surface area contributed by atoms with Gasteiger partial charge in [-0.2, -0.15) is 0 Å². The van der Waals surface area contributed by atoms with E-state index in [9.17, 15) is 0 Å². The van der Waals surface area contributed by atoms with Gasteiger partial charge in [-0.05, 0) is 112 Å². The standard InChI is InChI=1S/C61H42N2O/c1-4-16-43(17-5-1)61(44-18-6-2-7-19-44)55-25-13-10-22-49(55)50-35-33-47(39-56(50)61)62(48-34-36-53-52-24-12-15-27-59(52)64-60(53)40-48)46-31-28-41(29-32-46)42-30-37-58-54(38-42)51-23-11-14-26-57(51)63(58)45-20-8-3-9-21-45/h1-32,34-40,47H,33H2. The molecule has 1 atom stereocenters. The number of fused-ring (bicyclic) bond motifs is 9. The highest BCUT2D eigenvalue weighted by Crippen LogP contribution is 2.59. The summed E-state index contributed by atoms with van der Waals surface area (Å²) in [5.41, 5.74) is 17.3. The van der Waals surface area contributed by atoms with Crippen LogP contribution in [0.25, 0.3) is 66.1 Å². The van der Waals surface area contributed by atoms with E-state index in [4.69, 9.17) is 4.42 Å². The zero-order chi connectivity index (χ0) is 42.2. The summed E-state index contributed by atoms with van der Waals surface area (Å²) >= 11 is 0. The molecule has 64 heavy (non-hydrogen) atoms. The molecule has 0 amide bonds. The summed E-state index contributed by atoms with van der Waals surface area (Å²) in [4.78, 5) is 2.52. The Kier molecular flexibility index (Phi) is 8.26. The summed E-state index contributed by atoms with van der Waals surface area (Å²) in [6, 6.07) is 81.8. The Hall–Kier alpha value is -8.14. The van der Waals surface area contributed by atoms with Crippen LogP contribution in [0.2, 0.25) is 0 Å². The van der Waals surface area contributed by atoms with Gasteiger partial charge < -0.3 is 13.9 Å². The number of para-hydroxylation sites is 3. The number of anilines is 2. The number of hydrogen-bond donors (Lipinski definition) is 0. The average molecular weight is 819 g/mol. The van der Waals surface area contributed by atoms with E-state index in [1.165, 1.54) is 66.3 Å². The molecule has 0 saturated heterocycles. The van der Waals surface area contributed by atoms with Crippen LogP contribution in [0.5, 0.6) is 0 Å². The second kappa shape index (κ2) is 14.5. The minimum atomic E-state index is -0.482. The molecule has 0 aliphatic heterocycles. The van der Waals surface area contributed by atoms with Crippen molar-refractivity contribution in [2.45, 2.75) is 17.9 Å². The summed E-state index contributed by atoms with van der Waals surface area (Å²) in [6.07, 6.45) is 5.91. The number of nitrogens with zero attached hydrogens (tertiary/aromatic N) is 2. The van der Waals surface area contributed by atoms with E-state index in [1.54, 1.807) is 0 Å². The molecule has 1 unspecified atom stereocenters. The molecule has 3 nitrogen and oxygen atoms in total. The number of hydrogen-bond acceptors (Lipinski definition) is 2. The number of benzene rings is 9. The molecular weight excluding hydrogens is 777 g/mol. The third kappa shape index (κ3) is 5.47. The van der Waals surface area contributed by atoms with Crippen LogP contribution in [-0.2, 0) is 5.41 Å². The molecule has 0 bridgehead atoms. The maximum absolute atomic E-state index is 6.54. The first-order valence-electron chi connectivity index (χ1n) is 22.3. The molecule has 0 radical (unpaired) electrons. The van der Waals surface area contributed by atoms with Crippen molar-refractivity contribution in [3.8, 4) is 16.8 Å². The molecule has 0 N–H and O–H groups in total. The first kappa shape index (κ1) is 36.5. The Labute approximate surface area is 372 Å². The fourth-order valence-electron chi connectivity index (χ4n) is 11.0. The van der Waals surface area contributed by atoms with Crippen LogP contribution in [0, 0.1) is 0 Å². The van der Waals surface area contributed by atoms with Gasteiger partial charge >= 0.3 is 0 Å². The van der Waals surface area contributed by atoms with E-state index in [2.05, 4.69) is 240 Å². The van der Waals surface area contributed by atoms with Gasteiger partial charge in [-0.15, -0.1) is 0 Å². The lowest BCUT2D eigenvalue weighted by Gasteiger charge is -2.38. The largest absolute Gasteiger partial charge is 0.456 e. The maximum atomic E-state index is 6.54. The predicted octanol–water partition coefficient (Wildman–Crippen LogP) is 15.6. The van der Waals surface area contributed by atoms with Crippen molar-refractivity contribution in [1.82, 2.24) is 4.57 Å². The maximum Gasteiger partial charge on any atom is 0.137 e. The van der Waals surface area contributed by atoms with Gasteiger partial charge in [0.2, 0.25) is 0 Å². The van der Waals surface area contributed by atoms with Crippen LogP contribution in [-0.4, -0.2) is 10.6 Å². The Bertz CT molecular complexity index is 3590. The number of aromatic nitrogens is 1. The molecule has 2 aliphatic carbocycles. The van der Waals surface area contributed by atoms with Gasteiger partial charge in [0.1, 0.15) is 11.2 Å². The van der Waals surface area contributed by atoms with E-state index >= 15 is 0 Å². The fourth-order valence-corrected chi connectivity index (χ4v) is 11.0. The third-order valence-corrected chi connectivity index (χ3v) is 13.8. The molecule has 2 heterocycles. The number of furan rings is 1. The molecule has 11 aromatic rings. The van der Waals surface area contributed by atoms with E-state index < -0.39 is 5.41 Å². The van der Waals surface area contributed by atoms with Gasteiger partial charge in [-0.1, -0.05) is 170 Å². The summed E-state index contributed by atoms with van der Waals surface area (Å²) in [7, 11) is 0. The van der Waals surface area contributed by atoms with Gasteiger partial charge in [-0.3, -0.25) is 0 Å². The van der Waals surface area contributed by atoms with Gasteiger partial charge in [0, 0.05) is 44.7 Å². The summed E-state index contributed by atoms with van der Waals surface area (Å²) in [5, 5.41) is 4.76. The highest BCUT2D eigenvalue weighted by molar-refractivity contribution is 6.10. The lowest BCUT2D eigenvalue weighted by molar-refractivity contribution is 0.668. The smallest absolute Gasteiger partial charge is 0.137 e. The predicted molar refractivity (Wildman–Crippen MR) is 266 cm³/mol. The molecule has 2 aromatic heterocycles. The van der Waals surface area contributed by atoms with Crippen LogP contribution in [0.4, 0.5) is 11.4 Å². The van der Waals surface area contributed by atoms with Gasteiger partial charge in [-0.25, -0.2) is 0 Å². The molecule has 0 saturated carbocycles. The Balaban J connectivity index is 0.972. The van der Waals surface area contributed by atoms with Gasteiger partial charge in [0.25, 0.3) is 0 Å². The molecule has 3 heteroatoms. The highest BCUT2D eigenvalue weighted by atomic mass is 16.3. The minimum absolute atomic E-state index is 0.00741. The quantitative estimate of drug-likeness (QED) is 0.160. The monoisotopic (exact) mass is 818 g/mol. The van der Waals surface area contributed by atoms with Gasteiger partial charge in [0.15, 0.2) is 0 Å². The van der Waals surface area contributed by atoms with E-state index in [0.717, 1.165) is 45.4 Å². The normalized spacial score (nSPS) is 15.3. The van der Waals surface area contributed by atoms with E-state index in [1.807, 2.05) is 6.07 Å². The van der Waals surface area contributed by atoms with Crippen LogP contribution in [0.3, 0.4) is 0 Å². The van der Waals surface area contributed by atoms with E-state index in [-0.39, 0.29) is 6.04 Å². The number of rotatable bonds is 7. The second-order valence-corrected chi connectivity index (χ2v) is 17.1. The average Bonchev–Trinajstić information content (AvgIpc) is 4.01. The summed E-state index contributed by atoms with van der Waals surface area (Å²) in [6.45, 7) is 0. The van der Waals surface area contributed by atoms with Crippen LogP contribution < -0.4 is 4.90 Å². The van der Waals surface area contributed by atoms with Crippen LogP contribution >= 0.6 is 0 Å². The number of allylic oxidation sites excluding steroid dienone is 2. The Morgan fingerprint density at radius 3 is 1.86 bits per heavy atom. The fraction of sp³-hybridized carbons (Fsp3) is 0.0492. The Morgan fingerprint density at radius 1 is 0.469 bits per heavy atom. The van der Waals surface area contributed by atoms with E-state index in [0.29, 0.717) is 0 Å². The lowest BCUT2D eigenvalue weighted by Crippen LogP contribution is -2.34. The first-order valence-corrected chi connectivity index (χ1v) is 22.3. The zero-order valence-corrected chi connectivity index (χ0v) is 35.1. The first-order chi connectivity index (χ1) is 31.7. The van der Waals surface area contributed by atoms with Gasteiger partial charge in [0.05, 0.1) is 22.5 Å². The molecule has 302 valence electrons. The van der Waals surface area contributed by atoms with Crippen molar-refractivity contribution in [3.05, 3.63) is 264 Å². The van der Waals surface area contributed by atoms with Crippen LogP contribution in [0.15, 0.2) is 247 Å². The molecule has 0 fully saturated rings. The molecule has 0 spiro atoms. The minimum Gasteiger partial charge on any atom is -0.456 e. The lowest BCUT2D eigenvalue weighted by atomic mass is 9.66. The topological polar surface area (TPSA) is 21.3 Å². The summed E-state index contributed by atoms with van der Waals surface area (Å²) in [5.74, 6) is 0. The third-order valence-electron chi connectivity index (χ3n) is 13.8. The van der Waals surface area contributed by atoms with Crippen molar-refractivity contribution >= 4 is 60.7 Å². The SMILES string of the molecule is C1=C2C(=CC(N(c3ccc(-c4ccc5c(c4)c4ccccc4n5-c4ccccc4)cc3)c3ccc4c(c3)oc3ccccc34)C1)C(c1ccccc1)(c1ccccc1)c1ccccc12. The summed E-state index contributed by atoms with van der Waals surface area (Å²) < 4.78 is 8.92. The highest BCUT2D eigenvalue weighted by Gasteiger charge is 2.49. The molecule has 13 rings (SSSR count). The zero-order valence-electron chi connectivity index (χ0n) is 35.1. The second-order valence-electron chi connectivity index (χ2n) is 17.1. The molecular formula is C61H42N2O. The molecule has 2 aliphatic rings. The Morgan fingerprint density at radius 2 is 1.08 bits per heavy atom. The van der Waals surface area contributed by atoms with Crippen molar-refractivity contribution in [3.63, 3.8) is 0 Å². The van der Waals surface area contributed by atoms with Crippen LogP contribution in [0.1, 0.15) is 28.7 Å².